The van der Waals surface area contributed by atoms with E-state index in [2.05, 4.69) is 10.4 Å². The van der Waals surface area contributed by atoms with Gasteiger partial charge in [0, 0.05) is 12.4 Å². The van der Waals surface area contributed by atoms with Gasteiger partial charge in [-0.3, -0.25) is 4.98 Å². The van der Waals surface area contributed by atoms with Crippen molar-refractivity contribution in [3.63, 3.8) is 0 Å². The topological polar surface area (TPSA) is 38.9 Å². The number of nitrogens with two attached hydrogens (primary N) is 1. The minimum absolute atomic E-state index is 0.0417. The molecule has 0 bridgehead atoms. The summed E-state index contributed by atoms with van der Waals surface area (Å²) in [5.41, 5.74) is 8.23. The Bertz CT molecular complexity index is 356. The highest BCUT2D eigenvalue weighted by atomic mass is 32.1. The van der Waals surface area contributed by atoms with E-state index < -0.39 is 0 Å². The molecule has 0 fully saturated rings. The van der Waals surface area contributed by atoms with E-state index in [1.807, 2.05) is 29.8 Å². The number of hydrogen-bond acceptors (Lipinski definition) is 3. The second kappa shape index (κ2) is 3.68. The Morgan fingerprint density at radius 3 is 2.85 bits per heavy atom. The number of nitrogens with zero attached hydrogens (tertiary/aromatic N) is 1. The lowest BCUT2D eigenvalue weighted by atomic mass is 10.1. The molecular weight excluding hydrogens is 180 g/mol. The normalized spacial score (nSPS) is 12.7. The van der Waals surface area contributed by atoms with Gasteiger partial charge in [-0.1, -0.05) is 6.07 Å². The number of pyridine rings is 1. The summed E-state index contributed by atoms with van der Waals surface area (Å²) in [4.78, 5) is 4.04. The van der Waals surface area contributed by atoms with Crippen LogP contribution in [0, 0.1) is 0 Å². The summed E-state index contributed by atoms with van der Waals surface area (Å²) in [7, 11) is 0. The van der Waals surface area contributed by atoms with E-state index in [-0.39, 0.29) is 6.04 Å². The van der Waals surface area contributed by atoms with Crippen molar-refractivity contribution >= 4 is 11.3 Å². The van der Waals surface area contributed by atoms with Gasteiger partial charge in [-0.25, -0.2) is 0 Å². The molecule has 1 atom stereocenters. The zero-order valence-corrected chi connectivity index (χ0v) is 7.87. The Morgan fingerprint density at radius 2 is 2.23 bits per heavy atom. The molecule has 0 spiro atoms. The quantitative estimate of drug-likeness (QED) is 0.788. The van der Waals surface area contributed by atoms with Crippen molar-refractivity contribution < 1.29 is 0 Å². The van der Waals surface area contributed by atoms with Crippen molar-refractivity contribution in [3.8, 4) is 0 Å². The molecule has 2 heterocycles. The maximum atomic E-state index is 6.03. The average Bonchev–Trinajstić information content (AvgIpc) is 2.71. The lowest BCUT2D eigenvalue weighted by Gasteiger charge is -2.08. The van der Waals surface area contributed by atoms with Crippen LogP contribution in [0.2, 0.25) is 0 Å². The number of rotatable bonds is 2. The molecule has 0 aliphatic rings. The number of hydrogen-bond donors (Lipinski definition) is 1. The molecule has 2 nitrogen and oxygen atoms in total. The molecule has 0 saturated carbocycles. The second-order valence-electron chi connectivity index (χ2n) is 2.82. The summed E-state index contributed by atoms with van der Waals surface area (Å²) in [6.07, 6.45) is 3.56. The van der Waals surface area contributed by atoms with Crippen molar-refractivity contribution in [2.75, 3.05) is 0 Å². The molecule has 0 saturated heterocycles. The van der Waals surface area contributed by atoms with E-state index in [9.17, 15) is 0 Å². The van der Waals surface area contributed by atoms with Crippen molar-refractivity contribution in [3.05, 3.63) is 52.5 Å². The van der Waals surface area contributed by atoms with Gasteiger partial charge >= 0.3 is 0 Å². The molecule has 0 aromatic carbocycles. The van der Waals surface area contributed by atoms with Crippen molar-refractivity contribution in [2.45, 2.75) is 6.04 Å². The van der Waals surface area contributed by atoms with Gasteiger partial charge in [0.05, 0.1) is 6.04 Å². The van der Waals surface area contributed by atoms with Crippen molar-refractivity contribution in [1.82, 2.24) is 4.98 Å². The Balaban J connectivity index is 2.29. The van der Waals surface area contributed by atoms with Gasteiger partial charge in [-0.15, -0.1) is 0 Å². The largest absolute Gasteiger partial charge is 0.320 e. The third-order valence-electron chi connectivity index (χ3n) is 1.95. The van der Waals surface area contributed by atoms with Gasteiger partial charge in [-0.2, -0.15) is 11.3 Å². The first-order chi connectivity index (χ1) is 6.38. The molecule has 0 aliphatic carbocycles. The van der Waals surface area contributed by atoms with E-state index >= 15 is 0 Å². The summed E-state index contributed by atoms with van der Waals surface area (Å²) >= 11 is 1.66. The zero-order chi connectivity index (χ0) is 9.10. The van der Waals surface area contributed by atoms with Crippen LogP contribution in [0.25, 0.3) is 0 Å². The van der Waals surface area contributed by atoms with E-state index in [0.717, 1.165) is 11.1 Å². The Kier molecular flexibility index (Phi) is 2.38. The molecule has 2 N–H and O–H groups in total. The first-order valence-electron chi connectivity index (χ1n) is 4.05. The minimum Gasteiger partial charge on any atom is -0.320 e. The maximum absolute atomic E-state index is 6.03. The smallest absolute Gasteiger partial charge is 0.0575 e. The average molecular weight is 190 g/mol. The molecule has 0 amide bonds. The standard InChI is InChI=1S/C10H10N2S/c11-10(9-3-5-13-7-9)8-2-1-4-12-6-8/h1-7,10H,11H2/t10-/m1/s1. The summed E-state index contributed by atoms with van der Waals surface area (Å²) in [6.45, 7) is 0. The van der Waals surface area contributed by atoms with E-state index in [1.54, 1.807) is 17.5 Å². The fourth-order valence-electron chi connectivity index (χ4n) is 1.20. The Hall–Kier alpha value is -1.19. The molecule has 66 valence electrons. The molecule has 2 aromatic heterocycles. The third kappa shape index (κ3) is 1.76. The molecule has 2 aromatic rings. The highest BCUT2D eigenvalue weighted by molar-refractivity contribution is 7.07. The van der Waals surface area contributed by atoms with Crippen LogP contribution in [0.5, 0.6) is 0 Å². The molecule has 0 aliphatic heterocycles. The van der Waals surface area contributed by atoms with Crippen LogP contribution < -0.4 is 5.73 Å². The first-order valence-corrected chi connectivity index (χ1v) is 5.00. The van der Waals surface area contributed by atoms with Crippen LogP contribution in [-0.2, 0) is 0 Å². The van der Waals surface area contributed by atoms with Crippen LogP contribution in [0.15, 0.2) is 41.4 Å². The summed E-state index contributed by atoms with van der Waals surface area (Å²) in [6, 6.07) is 5.90. The van der Waals surface area contributed by atoms with Crippen LogP contribution in [-0.4, -0.2) is 4.98 Å². The molecular formula is C10H10N2S. The fourth-order valence-corrected chi connectivity index (χ4v) is 1.90. The Morgan fingerprint density at radius 1 is 1.31 bits per heavy atom. The van der Waals surface area contributed by atoms with Crippen LogP contribution >= 0.6 is 11.3 Å². The van der Waals surface area contributed by atoms with Gasteiger partial charge in [0.1, 0.15) is 0 Å². The van der Waals surface area contributed by atoms with E-state index in [4.69, 9.17) is 5.73 Å². The van der Waals surface area contributed by atoms with E-state index in [1.165, 1.54) is 0 Å². The lowest BCUT2D eigenvalue weighted by molar-refractivity contribution is 0.868. The van der Waals surface area contributed by atoms with Crippen LogP contribution in [0.4, 0.5) is 0 Å². The first kappa shape index (κ1) is 8.41. The van der Waals surface area contributed by atoms with Crippen molar-refractivity contribution in [1.29, 1.82) is 0 Å². The van der Waals surface area contributed by atoms with Gasteiger partial charge in [0.15, 0.2) is 0 Å². The lowest BCUT2D eigenvalue weighted by Crippen LogP contribution is -2.10. The monoisotopic (exact) mass is 190 g/mol. The maximum Gasteiger partial charge on any atom is 0.0575 e. The summed E-state index contributed by atoms with van der Waals surface area (Å²) in [5.74, 6) is 0. The second-order valence-corrected chi connectivity index (χ2v) is 3.60. The van der Waals surface area contributed by atoms with Crippen molar-refractivity contribution in [2.24, 2.45) is 5.73 Å². The number of aromatic nitrogens is 1. The SMILES string of the molecule is N[C@H](c1cccnc1)c1ccsc1. The number of thiophene rings is 1. The van der Waals surface area contributed by atoms with Crippen LogP contribution in [0.3, 0.4) is 0 Å². The molecule has 0 radical (unpaired) electrons. The minimum atomic E-state index is -0.0417. The molecule has 3 heteroatoms. The van der Waals surface area contributed by atoms with Gasteiger partial charge in [-0.05, 0) is 34.0 Å². The van der Waals surface area contributed by atoms with Gasteiger partial charge in [0.2, 0.25) is 0 Å². The van der Waals surface area contributed by atoms with Crippen LogP contribution in [0.1, 0.15) is 17.2 Å². The van der Waals surface area contributed by atoms with Gasteiger partial charge in [0.25, 0.3) is 0 Å². The highest BCUT2D eigenvalue weighted by Crippen LogP contribution is 2.20. The predicted molar refractivity (Wildman–Crippen MR) is 54.6 cm³/mol. The zero-order valence-electron chi connectivity index (χ0n) is 7.05. The molecule has 13 heavy (non-hydrogen) atoms. The Labute approximate surface area is 81.1 Å². The predicted octanol–water partition coefficient (Wildman–Crippen LogP) is 2.19. The summed E-state index contributed by atoms with van der Waals surface area (Å²) < 4.78 is 0. The summed E-state index contributed by atoms with van der Waals surface area (Å²) in [5, 5.41) is 4.10. The highest BCUT2D eigenvalue weighted by Gasteiger charge is 2.07. The third-order valence-corrected chi connectivity index (χ3v) is 2.65. The molecule has 2 rings (SSSR count). The molecule has 0 unspecified atom stereocenters. The van der Waals surface area contributed by atoms with Gasteiger partial charge < -0.3 is 5.73 Å². The van der Waals surface area contributed by atoms with E-state index in [0.29, 0.717) is 0 Å². The fraction of sp³-hybridized carbons (Fsp3) is 0.100.